The molecule has 112 valence electrons. The van der Waals surface area contributed by atoms with Crippen LogP contribution in [0.4, 0.5) is 0 Å². The first-order chi connectivity index (χ1) is 10.2. The topological polar surface area (TPSA) is 44.1 Å². The Kier molecular flexibility index (Phi) is 4.06. The third-order valence-corrected chi connectivity index (χ3v) is 4.40. The quantitative estimate of drug-likeness (QED) is 0.848. The molecule has 0 spiro atoms. The molecule has 1 aliphatic rings. The van der Waals surface area contributed by atoms with E-state index in [2.05, 4.69) is 31.1 Å². The zero-order chi connectivity index (χ0) is 14.8. The largest absolute Gasteiger partial charge is 0.377 e. The molecule has 1 saturated heterocycles. The number of ether oxygens (including phenoxy) is 1. The Hall–Kier alpha value is -1.68. The zero-order valence-corrected chi connectivity index (χ0v) is 12.7. The van der Waals surface area contributed by atoms with Crippen LogP contribution in [0.15, 0.2) is 24.3 Å². The number of ketones is 1. The van der Waals surface area contributed by atoms with E-state index >= 15 is 0 Å². The summed E-state index contributed by atoms with van der Waals surface area (Å²) in [5.41, 5.74) is 2.01. The van der Waals surface area contributed by atoms with Crippen LogP contribution in [0.5, 0.6) is 0 Å². The maximum Gasteiger partial charge on any atom is 0.144 e. The molecule has 0 bridgehead atoms. The molecule has 2 unspecified atom stereocenters. The van der Waals surface area contributed by atoms with Gasteiger partial charge in [0, 0.05) is 24.5 Å². The predicted molar refractivity (Wildman–Crippen MR) is 82.3 cm³/mol. The van der Waals surface area contributed by atoms with Gasteiger partial charge in [0.2, 0.25) is 0 Å². The van der Waals surface area contributed by atoms with E-state index in [0.717, 1.165) is 36.0 Å². The van der Waals surface area contributed by atoms with E-state index in [-0.39, 0.29) is 17.8 Å². The number of nitrogens with zero attached hydrogens (tertiary/aromatic N) is 2. The van der Waals surface area contributed by atoms with Crippen LogP contribution in [-0.2, 0) is 22.5 Å². The van der Waals surface area contributed by atoms with Crippen LogP contribution in [0.1, 0.15) is 32.4 Å². The third-order valence-electron chi connectivity index (χ3n) is 4.40. The molecule has 1 aromatic heterocycles. The molecule has 0 N–H and O–H groups in total. The van der Waals surface area contributed by atoms with Gasteiger partial charge >= 0.3 is 0 Å². The van der Waals surface area contributed by atoms with E-state index < -0.39 is 0 Å². The summed E-state index contributed by atoms with van der Waals surface area (Å²) in [6.07, 6.45) is 2.26. The number of carbonyl (C=O) groups excluding carboxylic acids is 1. The van der Waals surface area contributed by atoms with Crippen molar-refractivity contribution in [2.45, 2.75) is 45.8 Å². The second-order valence-electron chi connectivity index (χ2n) is 5.64. The second kappa shape index (κ2) is 5.98. The number of benzene rings is 1. The fourth-order valence-electron chi connectivity index (χ4n) is 3.28. The number of Topliss-reactive ketones (excluding diaryl/α,β-unsaturated/α-hetero) is 1. The molecule has 2 heterocycles. The molecule has 2 atom stereocenters. The fraction of sp³-hybridized carbons (Fsp3) is 0.529. The van der Waals surface area contributed by atoms with E-state index in [1.807, 2.05) is 16.8 Å². The summed E-state index contributed by atoms with van der Waals surface area (Å²) in [5, 5.41) is 5.72. The lowest BCUT2D eigenvalue weighted by Gasteiger charge is -2.14. The highest BCUT2D eigenvalue weighted by molar-refractivity contribution is 5.90. The average Bonchev–Trinajstić information content (AvgIpc) is 3.12. The lowest BCUT2D eigenvalue weighted by molar-refractivity contribution is -0.123. The second-order valence-corrected chi connectivity index (χ2v) is 5.64. The molecular weight excluding hydrogens is 264 g/mol. The SMILES string of the molecule is CCC1OCCC1C(=O)Cc1nn(CC)c2ccccc12. The van der Waals surface area contributed by atoms with Gasteiger partial charge in [0.1, 0.15) is 5.78 Å². The summed E-state index contributed by atoms with van der Waals surface area (Å²) in [6, 6.07) is 8.14. The minimum absolute atomic E-state index is 0.0422. The number of aromatic nitrogens is 2. The van der Waals surface area contributed by atoms with Crippen molar-refractivity contribution in [3.63, 3.8) is 0 Å². The molecule has 0 saturated carbocycles. The van der Waals surface area contributed by atoms with Crippen LogP contribution < -0.4 is 0 Å². The molecule has 1 aromatic carbocycles. The predicted octanol–water partition coefficient (Wildman–Crippen LogP) is 2.98. The molecule has 2 aromatic rings. The first kappa shape index (κ1) is 14.3. The Balaban J connectivity index is 1.86. The summed E-state index contributed by atoms with van der Waals surface area (Å²) >= 11 is 0. The van der Waals surface area contributed by atoms with Crippen LogP contribution in [0.25, 0.3) is 10.9 Å². The molecule has 4 nitrogen and oxygen atoms in total. The van der Waals surface area contributed by atoms with Gasteiger partial charge in [-0.2, -0.15) is 5.10 Å². The van der Waals surface area contributed by atoms with Crippen molar-refractivity contribution >= 4 is 16.7 Å². The summed E-state index contributed by atoms with van der Waals surface area (Å²) in [7, 11) is 0. The molecule has 0 amide bonds. The Morgan fingerprint density at radius 3 is 2.95 bits per heavy atom. The molecule has 4 heteroatoms. The van der Waals surface area contributed by atoms with Crippen molar-refractivity contribution in [2.75, 3.05) is 6.61 Å². The zero-order valence-electron chi connectivity index (χ0n) is 12.7. The smallest absolute Gasteiger partial charge is 0.144 e. The van der Waals surface area contributed by atoms with Gasteiger partial charge in [-0.05, 0) is 25.8 Å². The average molecular weight is 286 g/mol. The highest BCUT2D eigenvalue weighted by Gasteiger charge is 2.33. The molecular formula is C17H22N2O2. The molecule has 21 heavy (non-hydrogen) atoms. The molecule has 0 aliphatic carbocycles. The highest BCUT2D eigenvalue weighted by Crippen LogP contribution is 2.27. The van der Waals surface area contributed by atoms with E-state index in [4.69, 9.17) is 4.74 Å². The first-order valence-electron chi connectivity index (χ1n) is 7.83. The maximum atomic E-state index is 12.6. The number of fused-ring (bicyclic) bond motifs is 1. The normalized spacial score (nSPS) is 22.0. The Bertz CT molecular complexity index is 647. The molecule has 0 radical (unpaired) electrons. The maximum absolute atomic E-state index is 12.6. The standard InChI is InChI=1S/C17H22N2O2/c1-3-17-13(9-10-21-17)16(20)11-14-12-7-5-6-8-15(12)19(4-2)18-14/h5-8,13,17H,3-4,9-11H2,1-2H3. The van der Waals surface area contributed by atoms with Crippen molar-refractivity contribution in [1.29, 1.82) is 0 Å². The van der Waals surface area contributed by atoms with Crippen molar-refractivity contribution in [2.24, 2.45) is 5.92 Å². The lowest BCUT2D eigenvalue weighted by atomic mass is 9.92. The Morgan fingerprint density at radius 1 is 1.38 bits per heavy atom. The number of aryl methyl sites for hydroxylation is 1. The number of rotatable bonds is 5. The summed E-state index contributed by atoms with van der Waals surface area (Å²) in [6.45, 7) is 5.68. The van der Waals surface area contributed by atoms with Gasteiger partial charge in [0.05, 0.1) is 23.7 Å². The summed E-state index contributed by atoms with van der Waals surface area (Å²) in [5.74, 6) is 0.311. The Labute approximate surface area is 125 Å². The van der Waals surface area contributed by atoms with Gasteiger partial charge in [-0.15, -0.1) is 0 Å². The van der Waals surface area contributed by atoms with Crippen molar-refractivity contribution in [1.82, 2.24) is 9.78 Å². The van der Waals surface area contributed by atoms with Crippen LogP contribution >= 0.6 is 0 Å². The molecule has 1 fully saturated rings. The van der Waals surface area contributed by atoms with E-state index in [0.29, 0.717) is 13.0 Å². The molecule has 3 rings (SSSR count). The lowest BCUT2D eigenvalue weighted by Crippen LogP contribution is -2.25. The minimum Gasteiger partial charge on any atom is -0.377 e. The number of hydrogen-bond acceptors (Lipinski definition) is 3. The van der Waals surface area contributed by atoms with E-state index in [1.54, 1.807) is 0 Å². The van der Waals surface area contributed by atoms with Crippen LogP contribution in [0.3, 0.4) is 0 Å². The van der Waals surface area contributed by atoms with Gasteiger partial charge in [0.15, 0.2) is 0 Å². The fourth-order valence-corrected chi connectivity index (χ4v) is 3.28. The van der Waals surface area contributed by atoms with E-state index in [9.17, 15) is 4.79 Å². The van der Waals surface area contributed by atoms with Crippen LogP contribution in [0.2, 0.25) is 0 Å². The van der Waals surface area contributed by atoms with Gasteiger partial charge in [-0.3, -0.25) is 9.48 Å². The van der Waals surface area contributed by atoms with Crippen molar-refractivity contribution in [3.05, 3.63) is 30.0 Å². The first-order valence-corrected chi connectivity index (χ1v) is 7.83. The van der Waals surface area contributed by atoms with Crippen LogP contribution in [-0.4, -0.2) is 28.3 Å². The summed E-state index contributed by atoms with van der Waals surface area (Å²) in [4.78, 5) is 12.6. The van der Waals surface area contributed by atoms with Gasteiger partial charge in [-0.25, -0.2) is 0 Å². The number of carbonyl (C=O) groups is 1. The van der Waals surface area contributed by atoms with Crippen LogP contribution in [0, 0.1) is 5.92 Å². The number of hydrogen-bond donors (Lipinski definition) is 0. The molecule has 1 aliphatic heterocycles. The van der Waals surface area contributed by atoms with Crippen molar-refractivity contribution < 1.29 is 9.53 Å². The Morgan fingerprint density at radius 2 is 2.19 bits per heavy atom. The van der Waals surface area contributed by atoms with E-state index in [1.165, 1.54) is 0 Å². The van der Waals surface area contributed by atoms with Gasteiger partial charge in [0.25, 0.3) is 0 Å². The van der Waals surface area contributed by atoms with Gasteiger partial charge in [-0.1, -0.05) is 25.1 Å². The monoisotopic (exact) mass is 286 g/mol. The highest BCUT2D eigenvalue weighted by atomic mass is 16.5. The third kappa shape index (κ3) is 2.60. The minimum atomic E-state index is 0.0422. The number of para-hydroxylation sites is 1. The van der Waals surface area contributed by atoms with Crippen molar-refractivity contribution in [3.8, 4) is 0 Å². The summed E-state index contributed by atoms with van der Waals surface area (Å²) < 4.78 is 7.61. The van der Waals surface area contributed by atoms with Gasteiger partial charge < -0.3 is 4.74 Å².